The maximum Gasteiger partial charge on any atom is 0.253 e. The molecular weight excluding hydrogens is 330 g/mol. The van der Waals surface area contributed by atoms with Crippen LogP contribution in [0.2, 0.25) is 0 Å². The number of thioether (sulfide) groups is 1. The minimum atomic E-state index is -0.0482. The third-order valence-electron chi connectivity index (χ3n) is 4.05. The Morgan fingerprint density at radius 2 is 1.96 bits per heavy atom. The number of hydrogen-bond acceptors (Lipinski definition) is 3. The van der Waals surface area contributed by atoms with Crippen molar-refractivity contribution in [2.24, 2.45) is 0 Å². The van der Waals surface area contributed by atoms with E-state index in [2.05, 4.69) is 16.4 Å². The zero-order valence-electron chi connectivity index (χ0n) is 14.0. The second-order valence-electron chi connectivity index (χ2n) is 5.75. The lowest BCUT2D eigenvalue weighted by Gasteiger charge is -2.06. The molecule has 2 N–H and O–H groups in total. The Bertz CT molecular complexity index is 940. The van der Waals surface area contributed by atoms with Crippen molar-refractivity contribution >= 4 is 28.6 Å². The summed E-state index contributed by atoms with van der Waals surface area (Å²) in [7, 11) is 0. The van der Waals surface area contributed by atoms with E-state index in [0.717, 1.165) is 39.2 Å². The van der Waals surface area contributed by atoms with Crippen molar-refractivity contribution in [2.45, 2.75) is 12.7 Å². The van der Waals surface area contributed by atoms with Crippen LogP contribution >= 0.6 is 11.8 Å². The van der Waals surface area contributed by atoms with Gasteiger partial charge in [0.1, 0.15) is 0 Å². The van der Waals surface area contributed by atoms with Gasteiger partial charge >= 0.3 is 0 Å². The number of para-hydroxylation sites is 1. The van der Waals surface area contributed by atoms with Crippen molar-refractivity contribution in [3.63, 3.8) is 0 Å². The maximum absolute atomic E-state index is 12.5. The van der Waals surface area contributed by atoms with E-state index in [1.165, 1.54) is 0 Å². The summed E-state index contributed by atoms with van der Waals surface area (Å²) in [6.45, 7) is 2.51. The Hall–Kier alpha value is -2.71. The largest absolute Gasteiger partial charge is 0.358 e. The fourth-order valence-electron chi connectivity index (χ4n) is 2.83. The van der Waals surface area contributed by atoms with Gasteiger partial charge in [-0.25, -0.2) is 0 Å². The molecule has 3 aromatic rings. The van der Waals surface area contributed by atoms with Gasteiger partial charge in [-0.15, -0.1) is 0 Å². The third kappa shape index (κ3) is 3.86. The predicted molar refractivity (Wildman–Crippen MR) is 103 cm³/mol. The Labute approximate surface area is 151 Å². The van der Waals surface area contributed by atoms with Crippen LogP contribution in [-0.4, -0.2) is 23.2 Å². The molecule has 1 heterocycles. The van der Waals surface area contributed by atoms with Crippen molar-refractivity contribution < 1.29 is 4.79 Å². The highest BCUT2D eigenvalue weighted by Gasteiger charge is 2.15. The van der Waals surface area contributed by atoms with E-state index in [-0.39, 0.29) is 5.91 Å². The van der Waals surface area contributed by atoms with Gasteiger partial charge in [-0.1, -0.05) is 36.4 Å². The number of nitriles is 1. The van der Waals surface area contributed by atoms with Crippen LogP contribution in [0.25, 0.3) is 10.9 Å². The Balaban J connectivity index is 1.53. The lowest BCUT2D eigenvalue weighted by atomic mass is 10.1. The van der Waals surface area contributed by atoms with E-state index in [1.54, 1.807) is 11.8 Å². The second kappa shape index (κ2) is 7.91. The molecule has 0 aliphatic rings. The molecule has 25 heavy (non-hydrogen) atoms. The van der Waals surface area contributed by atoms with Crippen LogP contribution in [0.1, 0.15) is 27.2 Å². The van der Waals surface area contributed by atoms with Gasteiger partial charge < -0.3 is 10.3 Å². The van der Waals surface area contributed by atoms with Crippen molar-refractivity contribution in [1.82, 2.24) is 10.3 Å². The highest BCUT2D eigenvalue weighted by Crippen LogP contribution is 2.21. The molecular formula is C20H19N3OS. The number of aromatic nitrogens is 1. The number of nitrogens with zero attached hydrogens (tertiary/aromatic N) is 1. The van der Waals surface area contributed by atoms with Gasteiger partial charge in [0.05, 0.1) is 17.2 Å². The molecule has 0 aliphatic heterocycles. The molecule has 0 bridgehead atoms. The maximum atomic E-state index is 12.5. The molecule has 5 heteroatoms. The lowest BCUT2D eigenvalue weighted by molar-refractivity contribution is 0.0957. The highest BCUT2D eigenvalue weighted by molar-refractivity contribution is 7.98. The topological polar surface area (TPSA) is 68.7 Å². The van der Waals surface area contributed by atoms with Crippen LogP contribution in [0.4, 0.5) is 0 Å². The molecule has 0 spiro atoms. The van der Waals surface area contributed by atoms with Gasteiger partial charge in [0.2, 0.25) is 0 Å². The molecule has 0 fully saturated rings. The van der Waals surface area contributed by atoms with Gasteiger partial charge in [-0.2, -0.15) is 17.0 Å². The number of hydrogen-bond donors (Lipinski definition) is 2. The number of carbonyl (C=O) groups excluding carboxylic acids is 1. The molecule has 0 atom stereocenters. The van der Waals surface area contributed by atoms with E-state index >= 15 is 0 Å². The standard InChI is InChI=1S/C20H19N3OS/c1-14-19(17-8-4-5-9-18(17)23-14)20(24)22-10-11-25-13-16-7-3-2-6-15(16)12-21/h2-9,23H,10-11,13H2,1H3,(H,22,24). The number of aromatic amines is 1. The molecule has 0 aliphatic carbocycles. The van der Waals surface area contributed by atoms with Crippen LogP contribution < -0.4 is 5.32 Å². The van der Waals surface area contributed by atoms with Crippen molar-refractivity contribution in [3.05, 3.63) is 70.9 Å². The van der Waals surface area contributed by atoms with E-state index in [9.17, 15) is 4.79 Å². The van der Waals surface area contributed by atoms with E-state index < -0.39 is 0 Å². The molecule has 2 aromatic carbocycles. The van der Waals surface area contributed by atoms with Gasteiger partial charge in [-0.05, 0) is 24.6 Å². The molecule has 0 saturated heterocycles. The summed E-state index contributed by atoms with van der Waals surface area (Å²) in [6, 6.07) is 17.7. The average Bonchev–Trinajstić information content (AvgIpc) is 2.97. The van der Waals surface area contributed by atoms with Crippen LogP contribution in [0.15, 0.2) is 48.5 Å². The first-order valence-corrected chi connectivity index (χ1v) is 9.27. The zero-order chi connectivity index (χ0) is 17.6. The van der Waals surface area contributed by atoms with Gasteiger partial charge in [0, 0.05) is 34.6 Å². The molecule has 4 nitrogen and oxygen atoms in total. The second-order valence-corrected chi connectivity index (χ2v) is 6.85. The number of fused-ring (bicyclic) bond motifs is 1. The molecule has 1 aromatic heterocycles. The Kier molecular flexibility index (Phi) is 5.42. The smallest absolute Gasteiger partial charge is 0.253 e. The van der Waals surface area contributed by atoms with E-state index in [1.807, 2.05) is 55.5 Å². The van der Waals surface area contributed by atoms with Crippen molar-refractivity contribution in [3.8, 4) is 6.07 Å². The molecule has 0 unspecified atom stereocenters. The molecule has 126 valence electrons. The highest BCUT2D eigenvalue weighted by atomic mass is 32.2. The first-order chi connectivity index (χ1) is 12.2. The van der Waals surface area contributed by atoms with E-state index in [0.29, 0.717) is 12.1 Å². The minimum absolute atomic E-state index is 0.0482. The fraction of sp³-hybridized carbons (Fsp3) is 0.200. The Morgan fingerprint density at radius 3 is 2.80 bits per heavy atom. The number of aryl methyl sites for hydroxylation is 1. The van der Waals surface area contributed by atoms with Crippen LogP contribution in [0.3, 0.4) is 0 Å². The predicted octanol–water partition coefficient (Wildman–Crippen LogP) is 4.01. The fourth-order valence-corrected chi connectivity index (χ4v) is 3.69. The number of rotatable bonds is 6. The normalized spacial score (nSPS) is 10.6. The van der Waals surface area contributed by atoms with Crippen LogP contribution in [0.5, 0.6) is 0 Å². The molecule has 0 radical (unpaired) electrons. The average molecular weight is 349 g/mol. The Morgan fingerprint density at radius 1 is 1.20 bits per heavy atom. The molecule has 3 rings (SSSR count). The third-order valence-corrected chi connectivity index (χ3v) is 5.06. The summed E-state index contributed by atoms with van der Waals surface area (Å²) < 4.78 is 0. The summed E-state index contributed by atoms with van der Waals surface area (Å²) in [5.41, 5.74) is 4.33. The number of nitrogens with one attached hydrogen (secondary N) is 2. The minimum Gasteiger partial charge on any atom is -0.358 e. The van der Waals surface area contributed by atoms with Crippen molar-refractivity contribution in [2.75, 3.05) is 12.3 Å². The quantitative estimate of drug-likeness (QED) is 0.661. The zero-order valence-corrected chi connectivity index (χ0v) is 14.8. The summed E-state index contributed by atoms with van der Waals surface area (Å²) in [5.74, 6) is 1.52. The first-order valence-electron chi connectivity index (χ1n) is 8.12. The number of carbonyl (C=O) groups is 1. The van der Waals surface area contributed by atoms with Crippen molar-refractivity contribution in [1.29, 1.82) is 5.26 Å². The van der Waals surface area contributed by atoms with Gasteiger partial charge in [-0.3, -0.25) is 4.79 Å². The number of benzene rings is 2. The summed E-state index contributed by atoms with van der Waals surface area (Å²) in [5, 5.41) is 13.0. The lowest BCUT2D eigenvalue weighted by Crippen LogP contribution is -2.26. The summed E-state index contributed by atoms with van der Waals surface area (Å²) in [4.78, 5) is 15.7. The number of H-pyrrole nitrogens is 1. The van der Waals surface area contributed by atoms with Crippen LogP contribution in [-0.2, 0) is 5.75 Å². The number of amides is 1. The SMILES string of the molecule is Cc1[nH]c2ccccc2c1C(=O)NCCSCc1ccccc1C#N. The molecule has 1 amide bonds. The molecule has 0 saturated carbocycles. The first kappa shape index (κ1) is 17.1. The van der Waals surface area contributed by atoms with E-state index in [4.69, 9.17) is 5.26 Å². The summed E-state index contributed by atoms with van der Waals surface area (Å²) in [6.07, 6.45) is 0. The monoisotopic (exact) mass is 349 g/mol. The van der Waals surface area contributed by atoms with Gasteiger partial charge in [0.15, 0.2) is 0 Å². The van der Waals surface area contributed by atoms with Gasteiger partial charge in [0.25, 0.3) is 5.91 Å². The summed E-state index contributed by atoms with van der Waals surface area (Å²) >= 11 is 1.71. The van der Waals surface area contributed by atoms with Crippen LogP contribution in [0, 0.1) is 18.3 Å².